The molecule has 0 amide bonds. The van der Waals surface area contributed by atoms with E-state index in [-0.39, 0.29) is 0 Å². The first-order valence-electron chi connectivity index (χ1n) is 10.4. The largest absolute Gasteiger partial charge is 0.497 e. The zero-order valence-electron chi connectivity index (χ0n) is 17.5. The predicted molar refractivity (Wildman–Crippen MR) is 122 cm³/mol. The van der Waals surface area contributed by atoms with Crippen LogP contribution in [0.4, 0.5) is 17.3 Å². The van der Waals surface area contributed by atoms with Crippen LogP contribution in [-0.4, -0.2) is 53.0 Å². The van der Waals surface area contributed by atoms with Gasteiger partial charge in [0.05, 0.1) is 25.2 Å². The van der Waals surface area contributed by atoms with Crippen molar-refractivity contribution in [3.05, 3.63) is 66.5 Å². The van der Waals surface area contributed by atoms with Crippen molar-refractivity contribution in [2.24, 2.45) is 0 Å². The number of anilines is 3. The van der Waals surface area contributed by atoms with Crippen LogP contribution in [0.5, 0.6) is 5.75 Å². The molecule has 0 saturated carbocycles. The van der Waals surface area contributed by atoms with Crippen molar-refractivity contribution >= 4 is 28.4 Å². The van der Waals surface area contributed by atoms with Gasteiger partial charge >= 0.3 is 0 Å². The minimum atomic E-state index is 0.551. The zero-order chi connectivity index (χ0) is 21.0. The Morgan fingerprint density at radius 1 is 1.06 bits per heavy atom. The molecule has 158 valence electrons. The molecule has 1 aliphatic rings. The van der Waals surface area contributed by atoms with Gasteiger partial charge in [0, 0.05) is 43.8 Å². The lowest BCUT2D eigenvalue weighted by atomic mass is 10.2. The number of nitrogens with zero attached hydrogens (tertiary/aromatic N) is 5. The lowest BCUT2D eigenvalue weighted by molar-refractivity contribution is 0.414. The van der Waals surface area contributed by atoms with Crippen molar-refractivity contribution in [3.8, 4) is 5.75 Å². The Labute approximate surface area is 180 Å². The van der Waals surface area contributed by atoms with E-state index in [0.717, 1.165) is 54.2 Å². The van der Waals surface area contributed by atoms with E-state index in [0.29, 0.717) is 12.5 Å². The van der Waals surface area contributed by atoms with Gasteiger partial charge in [-0.1, -0.05) is 12.1 Å². The van der Waals surface area contributed by atoms with Crippen molar-refractivity contribution in [1.29, 1.82) is 0 Å². The van der Waals surface area contributed by atoms with Crippen molar-refractivity contribution < 1.29 is 4.74 Å². The lowest BCUT2D eigenvalue weighted by Gasteiger charge is -2.29. The van der Waals surface area contributed by atoms with Crippen molar-refractivity contribution in [3.63, 3.8) is 0 Å². The molecule has 2 aromatic carbocycles. The molecular weight excluding hydrogens is 390 g/mol. The number of ether oxygens (including phenoxy) is 1. The molecule has 1 saturated heterocycles. The Morgan fingerprint density at radius 2 is 1.90 bits per heavy atom. The van der Waals surface area contributed by atoms with Crippen LogP contribution in [0.3, 0.4) is 0 Å². The third-order valence-corrected chi connectivity index (χ3v) is 5.45. The molecule has 31 heavy (non-hydrogen) atoms. The van der Waals surface area contributed by atoms with E-state index in [1.807, 2.05) is 22.9 Å². The van der Waals surface area contributed by atoms with Gasteiger partial charge in [0.2, 0.25) is 5.95 Å². The Morgan fingerprint density at radius 3 is 2.71 bits per heavy atom. The Kier molecular flexibility index (Phi) is 5.37. The number of rotatable bonds is 6. The van der Waals surface area contributed by atoms with Crippen molar-refractivity contribution in [2.45, 2.75) is 6.54 Å². The van der Waals surface area contributed by atoms with Crippen molar-refractivity contribution in [2.75, 3.05) is 43.5 Å². The summed E-state index contributed by atoms with van der Waals surface area (Å²) in [6.45, 7) is 4.72. The topological polar surface area (TPSA) is 80.1 Å². The predicted octanol–water partition coefficient (Wildman–Crippen LogP) is 3.04. The van der Waals surface area contributed by atoms with Crippen molar-refractivity contribution in [1.82, 2.24) is 25.1 Å². The van der Waals surface area contributed by atoms with Crippen LogP contribution in [-0.2, 0) is 6.54 Å². The van der Waals surface area contributed by atoms with Gasteiger partial charge in [-0.2, -0.15) is 10.1 Å². The smallest absolute Gasteiger partial charge is 0.229 e. The SMILES string of the molecule is COc1cccc(Cn2ncc3cnc(Nc4ccc(N5CCNCC5)cc4)nc32)c1. The van der Waals surface area contributed by atoms with Gasteiger partial charge in [-0.15, -0.1) is 0 Å². The van der Waals surface area contributed by atoms with Gasteiger partial charge in [-0.25, -0.2) is 9.67 Å². The molecule has 0 bridgehead atoms. The molecule has 2 aromatic heterocycles. The molecule has 0 aliphatic carbocycles. The Balaban J connectivity index is 1.34. The average Bonchev–Trinajstić information content (AvgIpc) is 3.22. The fourth-order valence-electron chi connectivity index (χ4n) is 3.79. The summed E-state index contributed by atoms with van der Waals surface area (Å²) in [5.41, 5.74) is 4.08. The van der Waals surface area contributed by atoms with Gasteiger partial charge in [0.15, 0.2) is 5.65 Å². The molecule has 0 spiro atoms. The molecule has 1 aliphatic heterocycles. The van der Waals surface area contributed by atoms with E-state index >= 15 is 0 Å². The summed E-state index contributed by atoms with van der Waals surface area (Å²) >= 11 is 0. The molecule has 0 atom stereocenters. The van der Waals surface area contributed by atoms with Crippen LogP contribution >= 0.6 is 0 Å². The maximum Gasteiger partial charge on any atom is 0.229 e. The molecule has 1 fully saturated rings. The number of hydrogen-bond donors (Lipinski definition) is 2. The first-order valence-corrected chi connectivity index (χ1v) is 10.4. The van der Waals surface area contributed by atoms with E-state index < -0.39 is 0 Å². The van der Waals surface area contributed by atoms with E-state index in [1.165, 1.54) is 5.69 Å². The van der Waals surface area contributed by atoms with Crippen LogP contribution in [0.25, 0.3) is 11.0 Å². The summed E-state index contributed by atoms with van der Waals surface area (Å²) in [4.78, 5) is 11.5. The second-order valence-corrected chi connectivity index (χ2v) is 7.54. The molecule has 8 nitrogen and oxygen atoms in total. The van der Waals surface area contributed by atoms with E-state index in [9.17, 15) is 0 Å². The monoisotopic (exact) mass is 415 g/mol. The van der Waals surface area contributed by atoms with Crippen LogP contribution in [0, 0.1) is 0 Å². The highest BCUT2D eigenvalue weighted by Crippen LogP contribution is 2.22. The van der Waals surface area contributed by atoms with Gasteiger partial charge < -0.3 is 20.3 Å². The molecule has 2 N–H and O–H groups in total. The third-order valence-electron chi connectivity index (χ3n) is 5.45. The number of piperazine rings is 1. The van der Waals surface area contributed by atoms with Gasteiger partial charge in [-0.3, -0.25) is 0 Å². The molecule has 8 heteroatoms. The fourth-order valence-corrected chi connectivity index (χ4v) is 3.79. The van der Waals surface area contributed by atoms with Gasteiger partial charge in [0.25, 0.3) is 0 Å². The zero-order valence-corrected chi connectivity index (χ0v) is 17.5. The van der Waals surface area contributed by atoms with E-state index in [2.05, 4.69) is 55.9 Å². The Bertz CT molecular complexity index is 1170. The van der Waals surface area contributed by atoms with Gasteiger partial charge in [0.1, 0.15) is 5.75 Å². The number of fused-ring (bicyclic) bond motifs is 1. The summed E-state index contributed by atoms with van der Waals surface area (Å²) in [5.74, 6) is 1.38. The van der Waals surface area contributed by atoms with Crippen LogP contribution in [0.1, 0.15) is 5.56 Å². The van der Waals surface area contributed by atoms with E-state index in [4.69, 9.17) is 9.72 Å². The number of hydrogen-bond acceptors (Lipinski definition) is 7. The molecule has 0 unspecified atom stereocenters. The standard InChI is InChI=1S/C23H25N7O/c1-31-21-4-2-3-17(13-21)16-30-22-18(15-26-30)14-25-23(28-22)27-19-5-7-20(8-6-19)29-11-9-24-10-12-29/h2-8,13-15,24H,9-12,16H2,1H3,(H,25,27,28). The first-order chi connectivity index (χ1) is 15.3. The second-order valence-electron chi connectivity index (χ2n) is 7.54. The van der Waals surface area contributed by atoms with Crippen LogP contribution in [0.2, 0.25) is 0 Å². The number of benzene rings is 2. The first kappa shape index (κ1) is 19.3. The average molecular weight is 416 g/mol. The minimum Gasteiger partial charge on any atom is -0.497 e. The molecular formula is C23H25N7O. The Hall–Kier alpha value is -3.65. The second kappa shape index (κ2) is 8.61. The maximum absolute atomic E-state index is 5.32. The normalized spacial score (nSPS) is 14.0. The minimum absolute atomic E-state index is 0.551. The van der Waals surface area contributed by atoms with E-state index in [1.54, 1.807) is 19.5 Å². The van der Waals surface area contributed by atoms with Crippen LogP contribution < -0.4 is 20.3 Å². The number of aromatic nitrogens is 4. The molecule has 3 heterocycles. The number of methoxy groups -OCH3 is 1. The highest BCUT2D eigenvalue weighted by atomic mass is 16.5. The highest BCUT2D eigenvalue weighted by molar-refractivity contribution is 5.75. The third kappa shape index (κ3) is 4.29. The summed E-state index contributed by atoms with van der Waals surface area (Å²) in [6.07, 6.45) is 3.59. The summed E-state index contributed by atoms with van der Waals surface area (Å²) in [6, 6.07) is 16.4. The highest BCUT2D eigenvalue weighted by Gasteiger charge is 2.11. The van der Waals surface area contributed by atoms with Gasteiger partial charge in [-0.05, 0) is 42.0 Å². The summed E-state index contributed by atoms with van der Waals surface area (Å²) in [7, 11) is 1.67. The maximum atomic E-state index is 5.32. The molecule has 4 aromatic rings. The fraction of sp³-hybridized carbons (Fsp3) is 0.261. The van der Waals surface area contributed by atoms with Crippen LogP contribution in [0.15, 0.2) is 60.9 Å². The quantitative estimate of drug-likeness (QED) is 0.501. The summed E-state index contributed by atoms with van der Waals surface area (Å²) < 4.78 is 7.20. The molecule has 0 radical (unpaired) electrons. The molecule has 5 rings (SSSR count). The lowest BCUT2D eigenvalue weighted by Crippen LogP contribution is -2.43. The summed E-state index contributed by atoms with van der Waals surface area (Å²) in [5, 5.41) is 12.1. The number of nitrogens with one attached hydrogen (secondary N) is 2.